The van der Waals surface area contributed by atoms with Gasteiger partial charge in [-0.3, -0.25) is 5.32 Å². The standard InChI is InChI=1S/C25H40N2OS/c1-14-9-10-17-16-7-6-8-18(23(16)28-24(17)27-14)21-11-19-20(12-25(3,4)5)15(2)29-22(19)13-26-21/h14,16-17,19,21-22,24,26-27H,6-13H2,1-5H3/t14-,16?,17?,19+,21-,22?,24?/m1/s1/i1D3,12D2. The Kier molecular flexibility index (Phi) is 4.03. The molecule has 162 valence electrons. The highest BCUT2D eigenvalue weighted by Gasteiger charge is 2.48. The fourth-order valence-electron chi connectivity index (χ4n) is 6.23. The van der Waals surface area contributed by atoms with Gasteiger partial charge in [-0.05, 0) is 80.5 Å². The molecule has 7 atom stereocenters. The van der Waals surface area contributed by atoms with Gasteiger partial charge in [-0.1, -0.05) is 26.3 Å². The van der Waals surface area contributed by atoms with Crippen LogP contribution in [0, 0.1) is 23.2 Å². The van der Waals surface area contributed by atoms with Crippen molar-refractivity contribution in [1.82, 2.24) is 10.6 Å². The number of ether oxygens (including phenoxy) is 1. The summed E-state index contributed by atoms with van der Waals surface area (Å²) in [5.74, 6) is 2.09. The number of thioether (sulfide) groups is 1. The summed E-state index contributed by atoms with van der Waals surface area (Å²) >= 11 is 1.85. The minimum Gasteiger partial charge on any atom is -0.479 e. The largest absolute Gasteiger partial charge is 0.479 e. The normalized spacial score (nSPS) is 45.9. The molecular formula is C25H40N2OS. The summed E-state index contributed by atoms with van der Waals surface area (Å²) in [7, 11) is 0. The maximum atomic E-state index is 9.02. The van der Waals surface area contributed by atoms with Crippen molar-refractivity contribution in [1.29, 1.82) is 0 Å². The third-order valence-electron chi connectivity index (χ3n) is 7.44. The summed E-state index contributed by atoms with van der Waals surface area (Å²) in [4.78, 5) is 1.17. The molecule has 0 aromatic rings. The number of hydrogen-bond donors (Lipinski definition) is 2. The lowest BCUT2D eigenvalue weighted by atomic mass is 9.73. The van der Waals surface area contributed by atoms with E-state index in [1.54, 1.807) is 0 Å². The maximum absolute atomic E-state index is 9.02. The van der Waals surface area contributed by atoms with Crippen LogP contribution in [0.15, 0.2) is 21.8 Å². The molecule has 0 spiro atoms. The molecule has 29 heavy (non-hydrogen) atoms. The van der Waals surface area contributed by atoms with Crippen LogP contribution in [0.5, 0.6) is 0 Å². The molecule has 4 heteroatoms. The van der Waals surface area contributed by atoms with Crippen LogP contribution in [-0.2, 0) is 4.74 Å². The molecule has 0 saturated carbocycles. The molecule has 4 heterocycles. The molecule has 0 aromatic carbocycles. The van der Waals surface area contributed by atoms with E-state index in [4.69, 9.17) is 11.6 Å². The highest BCUT2D eigenvalue weighted by molar-refractivity contribution is 8.04. The monoisotopic (exact) mass is 421 g/mol. The third-order valence-corrected chi connectivity index (χ3v) is 8.81. The van der Waals surface area contributed by atoms with Crippen LogP contribution in [-0.4, -0.2) is 30.1 Å². The summed E-state index contributed by atoms with van der Waals surface area (Å²) in [6.07, 6.45) is 4.23. The first-order valence-corrected chi connectivity index (χ1v) is 12.4. The average molecular weight is 422 g/mol. The van der Waals surface area contributed by atoms with Gasteiger partial charge in [-0.2, -0.15) is 0 Å². The Morgan fingerprint density at radius 2 is 2.10 bits per heavy atom. The zero-order valence-electron chi connectivity index (χ0n) is 23.3. The van der Waals surface area contributed by atoms with E-state index in [1.807, 2.05) is 32.5 Å². The fraction of sp³-hybridized carbons (Fsp3) is 0.840. The van der Waals surface area contributed by atoms with E-state index in [0.717, 1.165) is 50.0 Å². The highest BCUT2D eigenvalue weighted by atomic mass is 32.2. The minimum absolute atomic E-state index is 0.196. The van der Waals surface area contributed by atoms with E-state index < -0.39 is 24.7 Å². The number of allylic oxidation sites excluding steroid dienone is 3. The summed E-state index contributed by atoms with van der Waals surface area (Å²) in [5, 5.41) is 7.51. The molecule has 5 rings (SSSR count). The molecule has 5 aliphatic rings. The Labute approximate surface area is 188 Å². The van der Waals surface area contributed by atoms with Gasteiger partial charge in [-0.25, -0.2) is 0 Å². The van der Waals surface area contributed by atoms with E-state index in [9.17, 15) is 0 Å². The van der Waals surface area contributed by atoms with Crippen LogP contribution < -0.4 is 10.6 Å². The topological polar surface area (TPSA) is 33.3 Å². The van der Waals surface area contributed by atoms with Crippen LogP contribution in [0.25, 0.3) is 0 Å². The molecule has 0 radical (unpaired) electrons. The van der Waals surface area contributed by atoms with Gasteiger partial charge in [0.15, 0.2) is 6.23 Å². The summed E-state index contributed by atoms with van der Waals surface area (Å²) in [5.41, 5.74) is 1.93. The van der Waals surface area contributed by atoms with E-state index in [-0.39, 0.29) is 18.2 Å². The van der Waals surface area contributed by atoms with Crippen molar-refractivity contribution in [3.05, 3.63) is 21.8 Å². The molecule has 3 nitrogen and oxygen atoms in total. The van der Waals surface area contributed by atoms with Crippen molar-refractivity contribution in [2.45, 2.75) is 103 Å². The van der Waals surface area contributed by atoms with E-state index in [0.29, 0.717) is 23.5 Å². The minimum atomic E-state index is -1.99. The second-order valence-corrected chi connectivity index (χ2v) is 12.1. The molecule has 3 fully saturated rings. The molecule has 3 saturated heterocycles. The Bertz CT molecular complexity index is 893. The van der Waals surface area contributed by atoms with Crippen LogP contribution in [0.4, 0.5) is 0 Å². The molecule has 2 N–H and O–H groups in total. The molecular weight excluding hydrogens is 376 g/mol. The second-order valence-electron chi connectivity index (χ2n) is 10.7. The van der Waals surface area contributed by atoms with Crippen molar-refractivity contribution < 1.29 is 11.6 Å². The lowest BCUT2D eigenvalue weighted by Crippen LogP contribution is -2.46. The smallest absolute Gasteiger partial charge is 0.153 e. The quantitative estimate of drug-likeness (QED) is 0.609. The predicted molar refractivity (Wildman–Crippen MR) is 123 cm³/mol. The van der Waals surface area contributed by atoms with Gasteiger partial charge in [0, 0.05) is 42.6 Å². The Morgan fingerprint density at radius 1 is 1.24 bits per heavy atom. The van der Waals surface area contributed by atoms with Gasteiger partial charge >= 0.3 is 0 Å². The number of rotatable bonds is 2. The first-order valence-electron chi connectivity index (χ1n) is 14.1. The summed E-state index contributed by atoms with van der Waals surface area (Å²) < 4.78 is 48.1. The summed E-state index contributed by atoms with van der Waals surface area (Å²) in [6.45, 7) is 7.02. The van der Waals surface area contributed by atoms with E-state index in [2.05, 4.69) is 17.6 Å². The fourth-order valence-corrected chi connectivity index (χ4v) is 7.60. The Balaban J connectivity index is 1.40. The average Bonchev–Trinajstić information content (AvgIpc) is 3.27. The van der Waals surface area contributed by atoms with Gasteiger partial charge in [0.2, 0.25) is 0 Å². The second kappa shape index (κ2) is 7.60. The van der Waals surface area contributed by atoms with Crippen LogP contribution in [0.1, 0.15) is 86.3 Å². The first kappa shape index (κ1) is 15.4. The number of fused-ring (bicyclic) bond motifs is 4. The molecule has 0 bridgehead atoms. The van der Waals surface area contributed by atoms with Crippen LogP contribution >= 0.6 is 11.8 Å². The SMILES string of the molecule is [2H]C([2H])([2H])[C@@H]1CCC2C(N1)OC1=C([C@H]3C[C@H]4C(C([2H])([2H])C(C)(C)C)=C(C)SC4CN3)CCCC12. The first-order chi connectivity index (χ1) is 15.8. The van der Waals surface area contributed by atoms with Crippen molar-refractivity contribution >= 4 is 11.8 Å². The number of piperidine rings is 2. The zero-order chi connectivity index (χ0) is 24.6. The zero-order valence-corrected chi connectivity index (χ0v) is 19.1. The molecule has 4 unspecified atom stereocenters. The Morgan fingerprint density at radius 3 is 2.90 bits per heavy atom. The summed E-state index contributed by atoms with van der Waals surface area (Å²) in [6, 6.07) is -0.285. The van der Waals surface area contributed by atoms with Crippen LogP contribution in [0.3, 0.4) is 0 Å². The third kappa shape index (κ3) is 3.83. The lowest BCUT2D eigenvalue weighted by molar-refractivity contribution is 0.0573. The van der Waals surface area contributed by atoms with Gasteiger partial charge in [0.05, 0.1) is 0 Å². The molecule has 0 aromatic heterocycles. The lowest BCUT2D eigenvalue weighted by Gasteiger charge is -2.38. The number of hydrogen-bond acceptors (Lipinski definition) is 4. The Hall–Kier alpha value is -0.450. The van der Waals surface area contributed by atoms with Crippen molar-refractivity contribution in [3.63, 3.8) is 0 Å². The highest BCUT2D eigenvalue weighted by Crippen LogP contribution is 2.52. The van der Waals surface area contributed by atoms with E-state index in [1.165, 1.54) is 10.5 Å². The van der Waals surface area contributed by atoms with Crippen molar-refractivity contribution in [3.8, 4) is 0 Å². The van der Waals surface area contributed by atoms with Gasteiger partial charge < -0.3 is 10.1 Å². The van der Waals surface area contributed by atoms with Crippen LogP contribution in [0.2, 0.25) is 0 Å². The van der Waals surface area contributed by atoms with Crippen molar-refractivity contribution in [2.75, 3.05) is 6.54 Å². The van der Waals surface area contributed by atoms with Gasteiger partial charge in [0.1, 0.15) is 5.76 Å². The van der Waals surface area contributed by atoms with E-state index >= 15 is 0 Å². The molecule has 4 aliphatic heterocycles. The number of nitrogens with one attached hydrogen (secondary N) is 2. The van der Waals surface area contributed by atoms with Gasteiger partial charge in [0.25, 0.3) is 0 Å². The van der Waals surface area contributed by atoms with Crippen molar-refractivity contribution in [2.24, 2.45) is 23.2 Å². The predicted octanol–water partition coefficient (Wildman–Crippen LogP) is 5.59. The maximum Gasteiger partial charge on any atom is 0.153 e. The molecule has 0 amide bonds. The molecule has 1 aliphatic carbocycles. The van der Waals surface area contributed by atoms with Gasteiger partial charge in [-0.15, -0.1) is 11.8 Å².